The summed E-state index contributed by atoms with van der Waals surface area (Å²) in [6.07, 6.45) is -4.41. The first kappa shape index (κ1) is 15.1. The number of rotatable bonds is 3. The molecule has 23 heavy (non-hydrogen) atoms. The van der Waals surface area contributed by atoms with Gasteiger partial charge in [0.1, 0.15) is 0 Å². The minimum atomic E-state index is -4.41. The number of alkyl halides is 3. The standard InChI is InChI=1S/C16H12F3N3O/c1-10-7-8-12(9-13(10)16(17,18)19)20-15-22-21-14(23-15)11-5-3-2-4-6-11/h2-9H,1H3,(H,20,22). The van der Waals surface area contributed by atoms with E-state index in [0.717, 1.165) is 11.6 Å². The van der Waals surface area contributed by atoms with Crippen LogP contribution >= 0.6 is 0 Å². The quantitative estimate of drug-likeness (QED) is 0.753. The number of nitrogens with one attached hydrogen (secondary N) is 1. The molecule has 3 rings (SSSR count). The average molecular weight is 319 g/mol. The molecule has 0 saturated heterocycles. The summed E-state index contributed by atoms with van der Waals surface area (Å²) in [6, 6.07) is 13.0. The van der Waals surface area contributed by atoms with E-state index in [1.54, 1.807) is 12.1 Å². The van der Waals surface area contributed by atoms with Crippen LogP contribution in [0.1, 0.15) is 11.1 Å². The van der Waals surface area contributed by atoms with E-state index in [-0.39, 0.29) is 23.2 Å². The minimum absolute atomic E-state index is 0.0285. The lowest BCUT2D eigenvalue weighted by atomic mass is 10.1. The molecule has 0 aliphatic rings. The van der Waals surface area contributed by atoms with Crippen LogP contribution in [0, 0.1) is 6.92 Å². The van der Waals surface area contributed by atoms with E-state index in [1.807, 2.05) is 18.2 Å². The van der Waals surface area contributed by atoms with Crippen LogP contribution in [0.15, 0.2) is 52.9 Å². The molecular weight excluding hydrogens is 307 g/mol. The Morgan fingerprint density at radius 2 is 1.74 bits per heavy atom. The maximum absolute atomic E-state index is 12.9. The van der Waals surface area contributed by atoms with Crippen LogP contribution in [-0.2, 0) is 6.18 Å². The molecule has 0 amide bonds. The Bertz CT molecular complexity index is 813. The summed E-state index contributed by atoms with van der Waals surface area (Å²) >= 11 is 0. The first-order valence-corrected chi connectivity index (χ1v) is 6.77. The zero-order valence-electron chi connectivity index (χ0n) is 12.1. The molecule has 2 aromatic carbocycles. The molecule has 0 fully saturated rings. The molecule has 0 radical (unpaired) electrons. The molecule has 4 nitrogen and oxygen atoms in total. The topological polar surface area (TPSA) is 51.0 Å². The van der Waals surface area contributed by atoms with E-state index in [1.165, 1.54) is 19.1 Å². The monoisotopic (exact) mass is 319 g/mol. The number of hydrogen-bond donors (Lipinski definition) is 1. The van der Waals surface area contributed by atoms with Crippen molar-refractivity contribution in [1.29, 1.82) is 0 Å². The van der Waals surface area contributed by atoms with Crippen molar-refractivity contribution >= 4 is 11.7 Å². The van der Waals surface area contributed by atoms with Crippen molar-refractivity contribution in [3.8, 4) is 11.5 Å². The van der Waals surface area contributed by atoms with Crippen LogP contribution in [0.4, 0.5) is 24.9 Å². The van der Waals surface area contributed by atoms with Gasteiger partial charge >= 0.3 is 12.2 Å². The summed E-state index contributed by atoms with van der Waals surface area (Å²) in [5, 5.41) is 10.4. The number of aromatic nitrogens is 2. The van der Waals surface area contributed by atoms with Crippen LogP contribution < -0.4 is 5.32 Å². The van der Waals surface area contributed by atoms with E-state index in [0.29, 0.717) is 0 Å². The highest BCUT2D eigenvalue weighted by molar-refractivity contribution is 5.58. The Balaban J connectivity index is 1.85. The summed E-state index contributed by atoms with van der Waals surface area (Å²) in [6.45, 7) is 1.41. The van der Waals surface area contributed by atoms with Gasteiger partial charge in [-0.3, -0.25) is 0 Å². The number of anilines is 2. The lowest BCUT2D eigenvalue weighted by molar-refractivity contribution is -0.138. The van der Waals surface area contributed by atoms with Crippen LogP contribution in [0.3, 0.4) is 0 Å². The van der Waals surface area contributed by atoms with Crippen molar-refractivity contribution in [2.24, 2.45) is 0 Å². The van der Waals surface area contributed by atoms with Gasteiger partial charge in [0.2, 0.25) is 5.89 Å². The van der Waals surface area contributed by atoms with Crippen molar-refractivity contribution in [1.82, 2.24) is 10.2 Å². The van der Waals surface area contributed by atoms with Gasteiger partial charge in [0.15, 0.2) is 0 Å². The van der Waals surface area contributed by atoms with Crippen LogP contribution in [0.2, 0.25) is 0 Å². The van der Waals surface area contributed by atoms with Gasteiger partial charge in [0.05, 0.1) is 5.56 Å². The fraction of sp³-hybridized carbons (Fsp3) is 0.125. The highest BCUT2D eigenvalue weighted by Crippen LogP contribution is 2.34. The maximum atomic E-state index is 12.9. The lowest BCUT2D eigenvalue weighted by Gasteiger charge is -2.11. The third-order valence-electron chi connectivity index (χ3n) is 3.24. The van der Waals surface area contributed by atoms with E-state index < -0.39 is 11.7 Å². The number of halogens is 3. The third-order valence-corrected chi connectivity index (χ3v) is 3.24. The Hall–Kier alpha value is -2.83. The van der Waals surface area contributed by atoms with E-state index in [2.05, 4.69) is 15.5 Å². The average Bonchev–Trinajstić information content (AvgIpc) is 2.97. The number of nitrogens with zero attached hydrogens (tertiary/aromatic N) is 2. The largest absolute Gasteiger partial charge is 0.416 e. The molecule has 0 spiro atoms. The Kier molecular flexibility index (Phi) is 3.77. The van der Waals surface area contributed by atoms with Gasteiger partial charge in [-0.05, 0) is 36.8 Å². The first-order chi connectivity index (χ1) is 10.9. The summed E-state index contributed by atoms with van der Waals surface area (Å²) < 4.78 is 44.2. The maximum Gasteiger partial charge on any atom is 0.416 e. The smallest absolute Gasteiger partial charge is 0.403 e. The molecule has 1 heterocycles. The summed E-state index contributed by atoms with van der Waals surface area (Å²) in [5.41, 5.74) is 0.406. The molecule has 0 aliphatic carbocycles. The molecule has 3 aromatic rings. The summed E-state index contributed by atoms with van der Waals surface area (Å²) in [7, 11) is 0. The molecule has 0 aliphatic heterocycles. The number of benzene rings is 2. The van der Waals surface area contributed by atoms with Crippen molar-refractivity contribution in [2.45, 2.75) is 13.1 Å². The molecule has 0 saturated carbocycles. The second kappa shape index (κ2) is 5.75. The van der Waals surface area contributed by atoms with E-state index in [9.17, 15) is 13.2 Å². The molecule has 7 heteroatoms. The van der Waals surface area contributed by atoms with Crippen molar-refractivity contribution < 1.29 is 17.6 Å². The zero-order chi connectivity index (χ0) is 16.4. The third kappa shape index (κ3) is 3.33. The molecular formula is C16H12F3N3O. The predicted octanol–water partition coefficient (Wildman–Crippen LogP) is 4.81. The van der Waals surface area contributed by atoms with Crippen LogP contribution in [-0.4, -0.2) is 10.2 Å². The lowest BCUT2D eigenvalue weighted by Crippen LogP contribution is -2.08. The molecule has 1 aromatic heterocycles. The van der Waals surface area contributed by atoms with Gasteiger partial charge in [-0.1, -0.05) is 29.4 Å². The first-order valence-electron chi connectivity index (χ1n) is 6.77. The van der Waals surface area contributed by atoms with E-state index in [4.69, 9.17) is 4.42 Å². The van der Waals surface area contributed by atoms with Gasteiger partial charge in [0, 0.05) is 11.3 Å². The predicted molar refractivity (Wildman–Crippen MR) is 79.2 cm³/mol. The van der Waals surface area contributed by atoms with Gasteiger partial charge in [0.25, 0.3) is 0 Å². The molecule has 0 atom stereocenters. The summed E-state index contributed by atoms with van der Waals surface area (Å²) in [4.78, 5) is 0. The Labute approximate surface area is 130 Å². The Morgan fingerprint density at radius 3 is 2.43 bits per heavy atom. The van der Waals surface area contributed by atoms with Crippen molar-refractivity contribution in [3.05, 3.63) is 59.7 Å². The van der Waals surface area contributed by atoms with Crippen LogP contribution in [0.5, 0.6) is 0 Å². The Morgan fingerprint density at radius 1 is 1.00 bits per heavy atom. The molecule has 0 bridgehead atoms. The second-order valence-electron chi connectivity index (χ2n) is 4.93. The van der Waals surface area contributed by atoms with Crippen molar-refractivity contribution in [3.63, 3.8) is 0 Å². The summed E-state index contributed by atoms with van der Waals surface area (Å²) in [5.74, 6) is 0.288. The molecule has 118 valence electrons. The fourth-order valence-corrected chi connectivity index (χ4v) is 2.10. The highest BCUT2D eigenvalue weighted by atomic mass is 19.4. The fourth-order valence-electron chi connectivity index (χ4n) is 2.10. The van der Waals surface area contributed by atoms with E-state index >= 15 is 0 Å². The van der Waals surface area contributed by atoms with Gasteiger partial charge in [-0.2, -0.15) is 13.2 Å². The number of aryl methyl sites for hydroxylation is 1. The zero-order valence-corrected chi connectivity index (χ0v) is 12.1. The highest BCUT2D eigenvalue weighted by Gasteiger charge is 2.32. The SMILES string of the molecule is Cc1ccc(Nc2nnc(-c3ccccc3)o2)cc1C(F)(F)F. The van der Waals surface area contributed by atoms with Gasteiger partial charge in [-0.15, -0.1) is 5.10 Å². The van der Waals surface area contributed by atoms with Gasteiger partial charge < -0.3 is 9.73 Å². The normalized spacial score (nSPS) is 11.5. The number of hydrogen-bond acceptors (Lipinski definition) is 4. The minimum Gasteiger partial charge on any atom is -0.403 e. The van der Waals surface area contributed by atoms with Gasteiger partial charge in [-0.25, -0.2) is 0 Å². The molecule has 1 N–H and O–H groups in total. The second-order valence-corrected chi connectivity index (χ2v) is 4.93. The molecule has 0 unspecified atom stereocenters. The van der Waals surface area contributed by atoms with Crippen molar-refractivity contribution in [2.75, 3.05) is 5.32 Å². The van der Waals surface area contributed by atoms with Crippen LogP contribution in [0.25, 0.3) is 11.5 Å².